The third kappa shape index (κ3) is 6.26. The number of hydrogen-bond acceptors (Lipinski definition) is 2. The van der Waals surface area contributed by atoms with Crippen LogP contribution < -0.4 is 0 Å². The molecule has 0 radical (unpaired) electrons. The van der Waals surface area contributed by atoms with Crippen molar-refractivity contribution in [1.82, 2.24) is 0 Å². The number of esters is 1. The molecule has 3 rings (SSSR count). The van der Waals surface area contributed by atoms with Crippen LogP contribution in [0.1, 0.15) is 80.6 Å². The highest BCUT2D eigenvalue weighted by atomic mass is 16.5. The topological polar surface area (TPSA) is 26.3 Å². The molecule has 0 bridgehead atoms. The number of carbonyl (C=O) groups is 1. The van der Waals surface area contributed by atoms with E-state index < -0.39 is 0 Å². The molecule has 0 unspecified atom stereocenters. The Kier molecular flexibility index (Phi) is 7.78. The van der Waals surface area contributed by atoms with E-state index in [4.69, 9.17) is 4.74 Å². The van der Waals surface area contributed by atoms with E-state index in [1.807, 2.05) is 31.2 Å². The van der Waals surface area contributed by atoms with Crippen LogP contribution in [0.5, 0.6) is 0 Å². The van der Waals surface area contributed by atoms with Crippen molar-refractivity contribution in [3.8, 4) is 11.8 Å². The van der Waals surface area contributed by atoms with Gasteiger partial charge in [0.2, 0.25) is 0 Å². The SMILES string of the molecule is CCC1CCC(C=CC#CC2CCC(OC(=O)c3ccc(C)cc3)CC2)CC1. The predicted molar refractivity (Wildman–Crippen MR) is 115 cm³/mol. The molecule has 0 saturated heterocycles. The number of benzene rings is 1. The molecular formula is C26H34O2. The molecule has 28 heavy (non-hydrogen) atoms. The number of allylic oxidation sites excluding steroid dienone is 2. The van der Waals surface area contributed by atoms with Gasteiger partial charge in [-0.05, 0) is 88.3 Å². The minimum atomic E-state index is -0.199. The van der Waals surface area contributed by atoms with E-state index >= 15 is 0 Å². The maximum absolute atomic E-state index is 12.2. The largest absolute Gasteiger partial charge is 0.459 e. The lowest BCUT2D eigenvalue weighted by atomic mass is 9.81. The van der Waals surface area contributed by atoms with E-state index in [2.05, 4.69) is 30.9 Å². The number of hydrogen-bond donors (Lipinski definition) is 0. The Balaban J connectivity index is 1.37. The van der Waals surface area contributed by atoms with Gasteiger partial charge in [-0.1, -0.05) is 49.0 Å². The molecule has 0 amide bonds. The quantitative estimate of drug-likeness (QED) is 0.442. The van der Waals surface area contributed by atoms with Gasteiger partial charge in [0.15, 0.2) is 0 Å². The normalized spacial score (nSPS) is 27.8. The Labute approximate surface area is 170 Å². The van der Waals surface area contributed by atoms with Crippen molar-refractivity contribution in [1.29, 1.82) is 0 Å². The molecule has 2 fully saturated rings. The van der Waals surface area contributed by atoms with Crippen LogP contribution in [-0.2, 0) is 4.74 Å². The third-order valence-corrected chi connectivity index (χ3v) is 6.44. The molecule has 0 N–H and O–H groups in total. The lowest BCUT2D eigenvalue weighted by Gasteiger charge is -2.25. The molecule has 2 aliphatic carbocycles. The van der Waals surface area contributed by atoms with Crippen LogP contribution in [0.3, 0.4) is 0 Å². The zero-order valence-corrected chi connectivity index (χ0v) is 17.5. The molecule has 0 heterocycles. The second-order valence-corrected chi connectivity index (χ2v) is 8.58. The molecule has 2 aliphatic rings. The Morgan fingerprint density at radius 3 is 2.36 bits per heavy atom. The summed E-state index contributed by atoms with van der Waals surface area (Å²) in [6.45, 7) is 4.33. The van der Waals surface area contributed by atoms with Crippen LogP contribution in [0.25, 0.3) is 0 Å². The monoisotopic (exact) mass is 378 g/mol. The van der Waals surface area contributed by atoms with Crippen LogP contribution in [-0.4, -0.2) is 12.1 Å². The van der Waals surface area contributed by atoms with E-state index in [1.54, 1.807) is 0 Å². The Hall–Kier alpha value is -2.01. The number of aryl methyl sites for hydroxylation is 1. The maximum Gasteiger partial charge on any atom is 0.338 e. The molecule has 150 valence electrons. The highest BCUT2D eigenvalue weighted by molar-refractivity contribution is 5.89. The van der Waals surface area contributed by atoms with Crippen molar-refractivity contribution < 1.29 is 9.53 Å². The molecule has 2 heteroatoms. The first-order chi connectivity index (χ1) is 13.6. The molecule has 2 saturated carbocycles. The van der Waals surface area contributed by atoms with Crippen molar-refractivity contribution in [2.45, 2.75) is 77.7 Å². The standard InChI is InChI=1S/C26H34O2/c1-3-21-10-12-22(13-11-21)6-4-5-7-23-14-18-25(19-15-23)28-26(27)24-16-8-20(2)9-17-24/h4,6,8-9,16-17,21-23,25H,3,10-15,18-19H2,1-2H3. The van der Waals surface area contributed by atoms with E-state index in [0.717, 1.165) is 43.1 Å². The summed E-state index contributed by atoms with van der Waals surface area (Å²) in [5.41, 5.74) is 1.80. The summed E-state index contributed by atoms with van der Waals surface area (Å²) in [5.74, 6) is 8.61. The molecule has 0 atom stereocenters. The summed E-state index contributed by atoms with van der Waals surface area (Å²) in [4.78, 5) is 12.2. The fourth-order valence-electron chi connectivity index (χ4n) is 4.37. The van der Waals surface area contributed by atoms with E-state index in [9.17, 15) is 4.79 Å². The van der Waals surface area contributed by atoms with E-state index in [0.29, 0.717) is 11.5 Å². The Bertz CT molecular complexity index is 703. The summed E-state index contributed by atoms with van der Waals surface area (Å²) in [7, 11) is 0. The van der Waals surface area contributed by atoms with Crippen molar-refractivity contribution in [2.24, 2.45) is 17.8 Å². The first-order valence-electron chi connectivity index (χ1n) is 11.1. The van der Waals surface area contributed by atoms with Crippen molar-refractivity contribution in [3.63, 3.8) is 0 Å². The van der Waals surface area contributed by atoms with Crippen molar-refractivity contribution in [3.05, 3.63) is 47.5 Å². The molecule has 0 aromatic heterocycles. The smallest absolute Gasteiger partial charge is 0.338 e. The van der Waals surface area contributed by atoms with Gasteiger partial charge in [0.05, 0.1) is 5.56 Å². The average Bonchev–Trinajstić information content (AvgIpc) is 2.73. The van der Waals surface area contributed by atoms with Gasteiger partial charge in [-0.15, -0.1) is 0 Å². The van der Waals surface area contributed by atoms with Gasteiger partial charge in [-0.25, -0.2) is 4.79 Å². The summed E-state index contributed by atoms with van der Waals surface area (Å²) >= 11 is 0. The summed E-state index contributed by atoms with van der Waals surface area (Å²) in [6.07, 6.45) is 15.1. The van der Waals surface area contributed by atoms with Crippen LogP contribution in [0, 0.1) is 36.5 Å². The van der Waals surface area contributed by atoms with Gasteiger partial charge in [-0.2, -0.15) is 0 Å². The van der Waals surface area contributed by atoms with Crippen molar-refractivity contribution in [2.75, 3.05) is 0 Å². The molecule has 2 nitrogen and oxygen atoms in total. The molecule has 1 aromatic rings. The van der Waals surface area contributed by atoms with Gasteiger partial charge in [0.1, 0.15) is 6.10 Å². The maximum atomic E-state index is 12.2. The minimum absolute atomic E-state index is 0.0381. The number of carbonyl (C=O) groups excluding carboxylic acids is 1. The van der Waals surface area contributed by atoms with Crippen LogP contribution >= 0.6 is 0 Å². The van der Waals surface area contributed by atoms with E-state index in [-0.39, 0.29) is 12.1 Å². The number of ether oxygens (including phenoxy) is 1. The van der Waals surface area contributed by atoms with Gasteiger partial charge in [-0.3, -0.25) is 0 Å². The third-order valence-electron chi connectivity index (χ3n) is 6.44. The van der Waals surface area contributed by atoms with E-state index in [1.165, 1.54) is 32.1 Å². The van der Waals surface area contributed by atoms with Crippen LogP contribution in [0.4, 0.5) is 0 Å². The minimum Gasteiger partial charge on any atom is -0.459 e. The lowest BCUT2D eigenvalue weighted by molar-refractivity contribution is 0.0188. The first kappa shape index (κ1) is 20.7. The Morgan fingerprint density at radius 1 is 1.04 bits per heavy atom. The van der Waals surface area contributed by atoms with Gasteiger partial charge < -0.3 is 4.74 Å². The van der Waals surface area contributed by atoms with Crippen LogP contribution in [0.15, 0.2) is 36.4 Å². The lowest BCUT2D eigenvalue weighted by Crippen LogP contribution is -2.24. The molecule has 0 aliphatic heterocycles. The second kappa shape index (κ2) is 10.5. The van der Waals surface area contributed by atoms with Gasteiger partial charge in [0, 0.05) is 5.92 Å². The Morgan fingerprint density at radius 2 is 1.71 bits per heavy atom. The number of rotatable bonds is 4. The fraction of sp³-hybridized carbons (Fsp3) is 0.577. The predicted octanol–water partition coefficient (Wildman–Crippen LogP) is 6.49. The molecular weight excluding hydrogens is 344 g/mol. The highest BCUT2D eigenvalue weighted by Gasteiger charge is 2.23. The zero-order chi connectivity index (χ0) is 19.8. The van der Waals surface area contributed by atoms with Crippen molar-refractivity contribution >= 4 is 5.97 Å². The fourth-order valence-corrected chi connectivity index (χ4v) is 4.37. The molecule has 0 spiro atoms. The second-order valence-electron chi connectivity index (χ2n) is 8.58. The summed E-state index contributed by atoms with van der Waals surface area (Å²) < 4.78 is 5.69. The van der Waals surface area contributed by atoms with Gasteiger partial charge in [0.25, 0.3) is 0 Å². The summed E-state index contributed by atoms with van der Waals surface area (Å²) in [6, 6.07) is 7.59. The first-order valence-corrected chi connectivity index (χ1v) is 11.1. The summed E-state index contributed by atoms with van der Waals surface area (Å²) in [5, 5.41) is 0. The van der Waals surface area contributed by atoms with Gasteiger partial charge >= 0.3 is 5.97 Å². The zero-order valence-electron chi connectivity index (χ0n) is 17.5. The van der Waals surface area contributed by atoms with Crippen LogP contribution in [0.2, 0.25) is 0 Å². The average molecular weight is 379 g/mol. The molecule has 1 aromatic carbocycles. The highest BCUT2D eigenvalue weighted by Crippen LogP contribution is 2.31.